The lowest BCUT2D eigenvalue weighted by atomic mass is 10.0. The van der Waals surface area contributed by atoms with Crippen LogP contribution in [0, 0.1) is 0 Å². The van der Waals surface area contributed by atoms with E-state index in [4.69, 9.17) is 25.8 Å². The zero-order valence-corrected chi connectivity index (χ0v) is 22.3. The fourth-order valence-corrected chi connectivity index (χ4v) is 5.10. The molecule has 0 bridgehead atoms. The second-order valence-corrected chi connectivity index (χ2v) is 10.0. The summed E-state index contributed by atoms with van der Waals surface area (Å²) in [6.45, 7) is 3.04. The monoisotopic (exact) mass is 548 g/mol. The van der Waals surface area contributed by atoms with Crippen molar-refractivity contribution in [3.05, 3.63) is 59.2 Å². The number of nitrogens with one attached hydrogen (secondary N) is 3. The molecule has 0 saturated carbocycles. The lowest BCUT2D eigenvalue weighted by Crippen LogP contribution is -2.38. The summed E-state index contributed by atoms with van der Waals surface area (Å²) < 4.78 is 16.5. The number of aromatic amines is 1. The number of likely N-dealkylation sites (N-methyl/N-ethyl adjacent to an activating group) is 1. The van der Waals surface area contributed by atoms with Gasteiger partial charge in [0, 0.05) is 38.3 Å². The molecule has 1 fully saturated rings. The van der Waals surface area contributed by atoms with E-state index in [0.717, 1.165) is 60.7 Å². The van der Waals surface area contributed by atoms with Crippen molar-refractivity contribution in [2.45, 2.75) is 25.4 Å². The van der Waals surface area contributed by atoms with Crippen LogP contribution in [0.1, 0.15) is 18.4 Å². The average molecular weight is 549 g/mol. The number of aromatic nitrogens is 3. The molecule has 2 aromatic carbocycles. The third-order valence-electron chi connectivity index (χ3n) is 7.01. The summed E-state index contributed by atoms with van der Waals surface area (Å²) in [5, 5.41) is 6.74. The molecule has 6 rings (SSSR count). The molecule has 4 heterocycles. The Kier molecular flexibility index (Phi) is 7.12. The molecular formula is C28H29ClN6O4. The molecule has 2 aliphatic rings. The first-order chi connectivity index (χ1) is 19.1. The van der Waals surface area contributed by atoms with E-state index in [-0.39, 0.29) is 18.6 Å². The Labute approximate surface area is 230 Å². The van der Waals surface area contributed by atoms with Crippen LogP contribution in [0.25, 0.3) is 22.6 Å². The summed E-state index contributed by atoms with van der Waals surface area (Å²) in [6, 6.07) is 13.9. The number of rotatable bonds is 8. The first-order valence-electron chi connectivity index (χ1n) is 12.9. The van der Waals surface area contributed by atoms with Crippen molar-refractivity contribution in [1.29, 1.82) is 0 Å². The Morgan fingerprint density at radius 1 is 1.18 bits per heavy atom. The standard InChI is InChI=1S/C28H29ClN6O4/c1-30-24(36)15-37-20-4-2-3-18(12-20)27-33-26-25(21(29)13-31-28(26)34-27)32-19-7-9-35(10-8-19)14-17-5-6-22-23(11-17)39-16-38-22/h2-6,11-13,19H,7-10,14-16H2,1H3,(H,30,36)(H2,31,32,33,34). The van der Waals surface area contributed by atoms with Crippen molar-refractivity contribution in [3.63, 3.8) is 0 Å². The molecule has 0 spiro atoms. The van der Waals surface area contributed by atoms with Gasteiger partial charge >= 0.3 is 0 Å². The highest BCUT2D eigenvalue weighted by Crippen LogP contribution is 2.34. The lowest BCUT2D eigenvalue weighted by molar-refractivity contribution is -0.122. The van der Waals surface area contributed by atoms with E-state index >= 15 is 0 Å². The Morgan fingerprint density at radius 2 is 2.03 bits per heavy atom. The Balaban J connectivity index is 1.13. The molecule has 4 aromatic rings. The number of ether oxygens (including phenoxy) is 3. The molecule has 11 heteroatoms. The molecule has 0 radical (unpaired) electrons. The van der Waals surface area contributed by atoms with E-state index < -0.39 is 0 Å². The van der Waals surface area contributed by atoms with Gasteiger partial charge in [0.2, 0.25) is 6.79 Å². The molecule has 1 saturated heterocycles. The largest absolute Gasteiger partial charge is 0.484 e. The fraction of sp³-hybridized carbons (Fsp3) is 0.321. The summed E-state index contributed by atoms with van der Waals surface area (Å²) in [7, 11) is 1.57. The number of pyridine rings is 1. The Hall–Kier alpha value is -4.02. The van der Waals surface area contributed by atoms with Crippen LogP contribution < -0.4 is 24.8 Å². The lowest BCUT2D eigenvalue weighted by Gasteiger charge is -2.33. The van der Waals surface area contributed by atoms with Crippen LogP contribution in [-0.4, -0.2) is 65.3 Å². The van der Waals surface area contributed by atoms with Gasteiger partial charge in [-0.3, -0.25) is 9.69 Å². The van der Waals surface area contributed by atoms with E-state index in [0.29, 0.717) is 29.0 Å². The number of carbonyl (C=O) groups is 1. The number of hydrogen-bond acceptors (Lipinski definition) is 8. The maximum absolute atomic E-state index is 11.5. The number of nitrogens with zero attached hydrogens (tertiary/aromatic N) is 3. The third-order valence-corrected chi connectivity index (χ3v) is 7.30. The second kappa shape index (κ2) is 11.0. The maximum atomic E-state index is 11.5. The van der Waals surface area contributed by atoms with Gasteiger partial charge in [-0.15, -0.1) is 0 Å². The van der Waals surface area contributed by atoms with Gasteiger partial charge in [-0.25, -0.2) is 9.97 Å². The Bertz CT molecular complexity index is 1500. The highest BCUT2D eigenvalue weighted by molar-refractivity contribution is 6.34. The number of fused-ring (bicyclic) bond motifs is 2. The van der Waals surface area contributed by atoms with Crippen LogP contribution in [0.2, 0.25) is 5.02 Å². The summed E-state index contributed by atoms with van der Waals surface area (Å²) >= 11 is 6.61. The number of hydrogen-bond donors (Lipinski definition) is 3. The number of carbonyl (C=O) groups excluding carboxylic acids is 1. The summed E-state index contributed by atoms with van der Waals surface area (Å²) in [4.78, 5) is 26.5. The van der Waals surface area contributed by atoms with Crippen LogP contribution in [0.15, 0.2) is 48.7 Å². The zero-order valence-electron chi connectivity index (χ0n) is 21.5. The number of imidazole rings is 1. The normalized spacial score (nSPS) is 15.4. The highest BCUT2D eigenvalue weighted by atomic mass is 35.5. The topological polar surface area (TPSA) is 114 Å². The van der Waals surface area contributed by atoms with Crippen molar-refractivity contribution < 1.29 is 19.0 Å². The molecule has 1 amide bonds. The number of benzene rings is 2. The minimum atomic E-state index is -0.197. The molecule has 0 unspecified atom stereocenters. The second-order valence-electron chi connectivity index (χ2n) is 9.64. The van der Waals surface area contributed by atoms with Crippen LogP contribution in [-0.2, 0) is 11.3 Å². The minimum Gasteiger partial charge on any atom is -0.484 e. The van der Waals surface area contributed by atoms with Gasteiger partial charge in [0.05, 0.1) is 16.9 Å². The van der Waals surface area contributed by atoms with Gasteiger partial charge < -0.3 is 29.8 Å². The Morgan fingerprint density at radius 3 is 2.87 bits per heavy atom. The van der Waals surface area contributed by atoms with Crippen molar-refractivity contribution in [2.24, 2.45) is 0 Å². The molecule has 0 aliphatic carbocycles. The first kappa shape index (κ1) is 25.3. The maximum Gasteiger partial charge on any atom is 0.257 e. The van der Waals surface area contributed by atoms with Gasteiger partial charge in [-0.1, -0.05) is 29.8 Å². The fourth-order valence-electron chi connectivity index (χ4n) is 4.90. The van der Waals surface area contributed by atoms with E-state index in [1.807, 2.05) is 24.3 Å². The number of halogens is 1. The SMILES string of the molecule is CNC(=O)COc1cccc(-c2nc3ncc(Cl)c(NC4CCN(Cc5ccc6c(c5)OCO6)CC4)c3[nH]2)c1. The van der Waals surface area contributed by atoms with Crippen molar-refractivity contribution in [1.82, 2.24) is 25.2 Å². The molecule has 2 aliphatic heterocycles. The summed E-state index contributed by atoms with van der Waals surface area (Å²) in [5.41, 5.74) is 4.19. The van der Waals surface area contributed by atoms with Crippen molar-refractivity contribution in [3.8, 4) is 28.6 Å². The van der Waals surface area contributed by atoms with Crippen LogP contribution in [0.3, 0.4) is 0 Å². The molecule has 2 aromatic heterocycles. The number of H-pyrrole nitrogens is 1. The summed E-state index contributed by atoms with van der Waals surface area (Å²) in [5.74, 6) is 2.66. The van der Waals surface area contributed by atoms with Gasteiger partial charge in [-0.05, 0) is 42.7 Å². The first-order valence-corrected chi connectivity index (χ1v) is 13.3. The predicted octanol–water partition coefficient (Wildman–Crippen LogP) is 4.21. The van der Waals surface area contributed by atoms with Gasteiger partial charge in [0.1, 0.15) is 17.1 Å². The highest BCUT2D eigenvalue weighted by Gasteiger charge is 2.23. The molecule has 10 nitrogen and oxygen atoms in total. The van der Waals surface area contributed by atoms with Gasteiger partial charge in [-0.2, -0.15) is 0 Å². The number of amides is 1. The third kappa shape index (κ3) is 5.57. The van der Waals surface area contributed by atoms with Gasteiger partial charge in [0.25, 0.3) is 5.91 Å². The minimum absolute atomic E-state index is 0.0547. The number of piperidine rings is 1. The molecule has 3 N–H and O–H groups in total. The van der Waals surface area contributed by atoms with Gasteiger partial charge in [0.15, 0.2) is 23.8 Å². The number of anilines is 1. The summed E-state index contributed by atoms with van der Waals surface area (Å²) in [6.07, 6.45) is 3.60. The zero-order chi connectivity index (χ0) is 26.8. The average Bonchev–Trinajstić information content (AvgIpc) is 3.61. The van der Waals surface area contributed by atoms with E-state index in [9.17, 15) is 4.79 Å². The molecule has 202 valence electrons. The predicted molar refractivity (Wildman–Crippen MR) is 148 cm³/mol. The molecular weight excluding hydrogens is 520 g/mol. The van der Waals surface area contributed by atoms with Crippen LogP contribution in [0.4, 0.5) is 5.69 Å². The van der Waals surface area contributed by atoms with Crippen LogP contribution >= 0.6 is 11.6 Å². The molecule has 0 atom stereocenters. The van der Waals surface area contributed by atoms with Crippen LogP contribution in [0.5, 0.6) is 17.2 Å². The van der Waals surface area contributed by atoms with E-state index in [1.165, 1.54) is 5.56 Å². The van der Waals surface area contributed by atoms with Crippen molar-refractivity contribution in [2.75, 3.05) is 38.9 Å². The van der Waals surface area contributed by atoms with E-state index in [1.54, 1.807) is 19.3 Å². The van der Waals surface area contributed by atoms with E-state index in [2.05, 4.69) is 42.6 Å². The molecule has 39 heavy (non-hydrogen) atoms. The van der Waals surface area contributed by atoms with Crippen molar-refractivity contribution >= 4 is 34.4 Å². The quantitative estimate of drug-likeness (QED) is 0.300. The smallest absolute Gasteiger partial charge is 0.257 e. The number of likely N-dealkylation sites (tertiary alicyclic amines) is 1.